The second-order valence-electron chi connectivity index (χ2n) is 3.78. The van der Waals surface area contributed by atoms with Crippen molar-refractivity contribution in [3.8, 4) is 0 Å². The Morgan fingerprint density at radius 1 is 0.722 bits per heavy atom. The standard InChI is InChI=1S/C9H20O9/c10-1-4(12)3-18-9(17)8(16)7(15)6(14)5(13)2-11/h4-17H,1-3H2/t4?,5-,6-,7+,8-,9?/m1/s1. The van der Waals surface area contributed by atoms with Crippen LogP contribution in [-0.2, 0) is 4.74 Å². The van der Waals surface area contributed by atoms with Gasteiger partial charge in [-0.2, -0.15) is 0 Å². The zero-order valence-corrected chi connectivity index (χ0v) is 9.57. The summed E-state index contributed by atoms with van der Waals surface area (Å²) < 4.78 is 4.52. The maximum absolute atomic E-state index is 9.36. The molecular weight excluding hydrogens is 252 g/mol. The number of aliphatic hydroxyl groups is 8. The van der Waals surface area contributed by atoms with E-state index in [1.54, 1.807) is 0 Å². The smallest absolute Gasteiger partial charge is 0.183 e. The average molecular weight is 272 g/mol. The zero-order valence-electron chi connectivity index (χ0n) is 9.57. The Balaban J connectivity index is 4.22. The van der Waals surface area contributed by atoms with Gasteiger partial charge in [-0.15, -0.1) is 0 Å². The fourth-order valence-corrected chi connectivity index (χ4v) is 1.07. The van der Waals surface area contributed by atoms with Crippen LogP contribution in [0, 0.1) is 0 Å². The van der Waals surface area contributed by atoms with Gasteiger partial charge in [-0.25, -0.2) is 0 Å². The second-order valence-corrected chi connectivity index (χ2v) is 3.78. The molecule has 0 fully saturated rings. The van der Waals surface area contributed by atoms with Gasteiger partial charge in [0.1, 0.15) is 30.5 Å². The number of ether oxygens (including phenoxy) is 1. The largest absolute Gasteiger partial charge is 0.394 e. The van der Waals surface area contributed by atoms with Crippen LogP contribution in [0.4, 0.5) is 0 Å². The van der Waals surface area contributed by atoms with Gasteiger partial charge in [0.25, 0.3) is 0 Å². The Morgan fingerprint density at radius 2 is 1.28 bits per heavy atom. The third-order valence-electron chi connectivity index (χ3n) is 2.24. The molecule has 8 N–H and O–H groups in total. The third kappa shape index (κ3) is 5.52. The topological polar surface area (TPSA) is 171 Å². The van der Waals surface area contributed by atoms with E-state index in [4.69, 9.17) is 20.4 Å². The van der Waals surface area contributed by atoms with Crippen molar-refractivity contribution >= 4 is 0 Å². The molecule has 0 saturated carbocycles. The summed E-state index contributed by atoms with van der Waals surface area (Å²) in [4.78, 5) is 0. The molecule has 0 radical (unpaired) electrons. The summed E-state index contributed by atoms with van der Waals surface area (Å²) in [6.07, 6.45) is -10.7. The van der Waals surface area contributed by atoms with Crippen molar-refractivity contribution in [2.24, 2.45) is 0 Å². The number of hydrogen-bond acceptors (Lipinski definition) is 9. The van der Waals surface area contributed by atoms with Gasteiger partial charge in [0.15, 0.2) is 6.29 Å². The molecule has 6 atom stereocenters. The maximum Gasteiger partial charge on any atom is 0.183 e. The van der Waals surface area contributed by atoms with Crippen molar-refractivity contribution in [3.63, 3.8) is 0 Å². The predicted molar refractivity (Wildman–Crippen MR) is 56.2 cm³/mol. The SMILES string of the molecule is OCC(O)COC(O)[C@H](O)[C@@H](O)[C@H](O)[C@H](O)CO. The van der Waals surface area contributed by atoms with E-state index in [0.717, 1.165) is 0 Å². The summed E-state index contributed by atoms with van der Waals surface area (Å²) in [5.74, 6) is 0. The Hall–Kier alpha value is -0.360. The van der Waals surface area contributed by atoms with Crippen molar-refractivity contribution < 1.29 is 45.6 Å². The van der Waals surface area contributed by atoms with Crippen molar-refractivity contribution in [1.82, 2.24) is 0 Å². The Labute approximate surface area is 103 Å². The van der Waals surface area contributed by atoms with Crippen LogP contribution in [0.2, 0.25) is 0 Å². The number of hydrogen-bond donors (Lipinski definition) is 8. The first-order valence-electron chi connectivity index (χ1n) is 5.26. The summed E-state index contributed by atoms with van der Waals surface area (Å²) in [5.41, 5.74) is 0. The first-order chi connectivity index (χ1) is 8.34. The van der Waals surface area contributed by atoms with Crippen LogP contribution in [0.5, 0.6) is 0 Å². The van der Waals surface area contributed by atoms with E-state index in [2.05, 4.69) is 4.74 Å². The second kappa shape index (κ2) is 8.69. The lowest BCUT2D eigenvalue weighted by Crippen LogP contribution is -2.50. The summed E-state index contributed by atoms with van der Waals surface area (Å²) in [7, 11) is 0. The molecule has 0 saturated heterocycles. The monoisotopic (exact) mass is 272 g/mol. The van der Waals surface area contributed by atoms with Gasteiger partial charge in [0.2, 0.25) is 0 Å². The van der Waals surface area contributed by atoms with E-state index >= 15 is 0 Å². The molecule has 18 heavy (non-hydrogen) atoms. The van der Waals surface area contributed by atoms with Gasteiger partial charge in [0, 0.05) is 0 Å². The van der Waals surface area contributed by atoms with Gasteiger partial charge in [-0.05, 0) is 0 Å². The molecule has 9 nitrogen and oxygen atoms in total. The molecule has 0 amide bonds. The number of rotatable bonds is 9. The predicted octanol–water partition coefficient (Wildman–Crippen LogP) is -4.89. The summed E-state index contributed by atoms with van der Waals surface area (Å²) in [6.45, 7) is -1.96. The fraction of sp³-hybridized carbons (Fsp3) is 1.00. The van der Waals surface area contributed by atoms with Crippen molar-refractivity contribution in [2.75, 3.05) is 19.8 Å². The lowest BCUT2D eigenvalue weighted by Gasteiger charge is -2.28. The van der Waals surface area contributed by atoms with Crippen LogP contribution in [0.15, 0.2) is 0 Å². The molecule has 9 heteroatoms. The van der Waals surface area contributed by atoms with Gasteiger partial charge >= 0.3 is 0 Å². The zero-order chi connectivity index (χ0) is 14.3. The summed E-state index contributed by atoms with van der Waals surface area (Å²) in [6, 6.07) is 0. The molecule has 0 rings (SSSR count). The van der Waals surface area contributed by atoms with Crippen LogP contribution >= 0.6 is 0 Å². The Morgan fingerprint density at radius 3 is 1.72 bits per heavy atom. The fourth-order valence-electron chi connectivity index (χ4n) is 1.07. The van der Waals surface area contributed by atoms with Crippen molar-refractivity contribution in [1.29, 1.82) is 0 Å². The summed E-state index contributed by atoms with van der Waals surface area (Å²) >= 11 is 0. The van der Waals surface area contributed by atoms with E-state index in [9.17, 15) is 20.4 Å². The minimum Gasteiger partial charge on any atom is -0.394 e. The molecule has 0 bridgehead atoms. The van der Waals surface area contributed by atoms with E-state index in [-0.39, 0.29) is 0 Å². The third-order valence-corrected chi connectivity index (χ3v) is 2.24. The quantitative estimate of drug-likeness (QED) is 0.191. The Bertz CT molecular complexity index is 214. The first-order valence-corrected chi connectivity index (χ1v) is 5.26. The lowest BCUT2D eigenvalue weighted by molar-refractivity contribution is -0.219. The van der Waals surface area contributed by atoms with E-state index in [1.807, 2.05) is 0 Å². The molecular formula is C9H20O9. The van der Waals surface area contributed by atoms with Gasteiger partial charge in [-0.1, -0.05) is 0 Å². The molecule has 0 aromatic carbocycles. The highest BCUT2D eigenvalue weighted by Gasteiger charge is 2.34. The minimum atomic E-state index is -1.97. The van der Waals surface area contributed by atoms with Crippen molar-refractivity contribution in [2.45, 2.75) is 36.8 Å². The highest BCUT2D eigenvalue weighted by atomic mass is 16.6. The number of aliphatic hydroxyl groups excluding tert-OH is 8. The highest BCUT2D eigenvalue weighted by Crippen LogP contribution is 2.09. The molecule has 2 unspecified atom stereocenters. The molecule has 110 valence electrons. The molecule has 0 spiro atoms. The molecule has 0 aliphatic carbocycles. The average Bonchev–Trinajstić information content (AvgIpc) is 2.40. The van der Waals surface area contributed by atoms with E-state index < -0.39 is 56.6 Å². The lowest BCUT2D eigenvalue weighted by atomic mass is 10.0. The normalized spacial score (nSPS) is 22.0. The van der Waals surface area contributed by atoms with Gasteiger partial charge < -0.3 is 45.6 Å². The van der Waals surface area contributed by atoms with E-state index in [0.29, 0.717) is 0 Å². The van der Waals surface area contributed by atoms with Gasteiger partial charge in [0.05, 0.1) is 19.8 Å². The maximum atomic E-state index is 9.36. The van der Waals surface area contributed by atoms with Crippen LogP contribution in [-0.4, -0.2) is 97.5 Å². The van der Waals surface area contributed by atoms with Crippen LogP contribution in [0.25, 0.3) is 0 Å². The molecule has 0 heterocycles. The minimum absolute atomic E-state index is 0.500. The molecule has 0 aromatic rings. The first kappa shape index (κ1) is 17.6. The summed E-state index contributed by atoms with van der Waals surface area (Å²) in [5, 5.41) is 72.1. The molecule has 0 aromatic heterocycles. The molecule has 0 aliphatic heterocycles. The van der Waals surface area contributed by atoms with Gasteiger partial charge in [-0.3, -0.25) is 0 Å². The van der Waals surface area contributed by atoms with Crippen LogP contribution in [0.3, 0.4) is 0 Å². The van der Waals surface area contributed by atoms with Crippen LogP contribution < -0.4 is 0 Å². The van der Waals surface area contributed by atoms with E-state index in [1.165, 1.54) is 0 Å². The molecule has 0 aliphatic rings. The Kier molecular flexibility index (Phi) is 8.52. The van der Waals surface area contributed by atoms with Crippen molar-refractivity contribution in [3.05, 3.63) is 0 Å². The highest BCUT2D eigenvalue weighted by molar-refractivity contribution is 4.82. The van der Waals surface area contributed by atoms with Crippen LogP contribution in [0.1, 0.15) is 0 Å².